The second-order valence-corrected chi connectivity index (χ2v) is 10.8. The van der Waals surface area contributed by atoms with Crippen LogP contribution in [0.4, 0.5) is 0 Å². The molecule has 0 aliphatic carbocycles. The van der Waals surface area contributed by atoms with Crippen molar-refractivity contribution >= 4 is 0 Å². The van der Waals surface area contributed by atoms with Gasteiger partial charge in [0.05, 0.1) is 6.61 Å². The summed E-state index contributed by atoms with van der Waals surface area (Å²) in [5.41, 5.74) is 1.22. The van der Waals surface area contributed by atoms with Gasteiger partial charge >= 0.3 is 0 Å². The minimum Gasteiger partial charge on any atom is -0.305 e. The molecule has 0 saturated heterocycles. The van der Waals surface area contributed by atoms with Crippen molar-refractivity contribution in [1.82, 2.24) is 0 Å². The highest BCUT2D eigenvalue weighted by atomic mass is 16.6. The first-order valence-corrected chi connectivity index (χ1v) is 10.1. The average Bonchev–Trinajstić information content (AvgIpc) is 2.36. The van der Waals surface area contributed by atoms with E-state index in [4.69, 9.17) is 5.90 Å². The minimum atomic E-state index is 0.297. The molecule has 0 aromatic carbocycles. The van der Waals surface area contributed by atoms with Crippen LogP contribution < -0.4 is 5.90 Å². The van der Waals surface area contributed by atoms with Gasteiger partial charge in [0.15, 0.2) is 0 Å². The Hall–Kier alpha value is -0.0800. The molecule has 0 rings (SSSR count). The second kappa shape index (κ2) is 9.57. The Morgan fingerprint density at radius 2 is 0.875 bits per heavy atom. The first kappa shape index (κ1) is 23.9. The molecular formula is C22H47NO. The van der Waals surface area contributed by atoms with Crippen LogP contribution in [-0.2, 0) is 4.84 Å². The van der Waals surface area contributed by atoms with E-state index in [-0.39, 0.29) is 0 Å². The molecule has 2 heteroatoms. The van der Waals surface area contributed by atoms with E-state index >= 15 is 0 Å². The maximum Gasteiger partial charge on any atom is 0.0679 e. The third kappa shape index (κ3) is 6.33. The number of hydrogen-bond donors (Lipinski definition) is 1. The molecule has 0 radical (unpaired) electrons. The molecule has 0 spiro atoms. The molecule has 24 heavy (non-hydrogen) atoms. The zero-order valence-electron chi connectivity index (χ0n) is 18.3. The monoisotopic (exact) mass is 341 g/mol. The molecule has 0 amide bonds. The van der Waals surface area contributed by atoms with Gasteiger partial charge in [-0.15, -0.1) is 0 Å². The fraction of sp³-hybridized carbons (Fsp3) is 1.00. The molecule has 0 aliphatic heterocycles. The normalized spacial score (nSPS) is 14.2. The summed E-state index contributed by atoms with van der Waals surface area (Å²) in [4.78, 5) is 4.62. The van der Waals surface area contributed by atoms with Crippen LogP contribution in [0.1, 0.15) is 114 Å². The smallest absolute Gasteiger partial charge is 0.0679 e. The lowest BCUT2D eigenvalue weighted by Gasteiger charge is -2.62. The van der Waals surface area contributed by atoms with Gasteiger partial charge in [-0.3, -0.25) is 0 Å². The van der Waals surface area contributed by atoms with Crippen LogP contribution in [0.2, 0.25) is 0 Å². The van der Waals surface area contributed by atoms with Crippen LogP contribution >= 0.6 is 0 Å². The number of hydrogen-bond acceptors (Lipinski definition) is 2. The second-order valence-electron chi connectivity index (χ2n) is 10.8. The summed E-state index contributed by atoms with van der Waals surface area (Å²) in [5.74, 6) is 5.05. The van der Waals surface area contributed by atoms with Crippen molar-refractivity contribution in [3.63, 3.8) is 0 Å². The fourth-order valence-corrected chi connectivity index (χ4v) is 5.96. The van der Waals surface area contributed by atoms with Crippen molar-refractivity contribution in [2.75, 3.05) is 6.61 Å². The van der Waals surface area contributed by atoms with Crippen LogP contribution in [-0.4, -0.2) is 6.61 Å². The Morgan fingerprint density at radius 1 is 0.542 bits per heavy atom. The Bertz CT molecular complexity index is 291. The average molecular weight is 342 g/mol. The third-order valence-corrected chi connectivity index (χ3v) is 6.15. The summed E-state index contributed by atoms with van der Waals surface area (Å²) in [6, 6.07) is 0. The molecular weight excluding hydrogens is 294 g/mol. The summed E-state index contributed by atoms with van der Waals surface area (Å²) in [6.45, 7) is 22.7. The van der Waals surface area contributed by atoms with E-state index in [1.54, 1.807) is 0 Å². The summed E-state index contributed by atoms with van der Waals surface area (Å²) in [6.07, 6.45) is 10.4. The van der Waals surface area contributed by atoms with E-state index in [1.165, 1.54) is 44.9 Å². The molecule has 0 fully saturated rings. The van der Waals surface area contributed by atoms with Gasteiger partial charge in [-0.25, -0.2) is 5.90 Å². The van der Waals surface area contributed by atoms with Gasteiger partial charge in [-0.05, 0) is 34.5 Å². The summed E-state index contributed by atoms with van der Waals surface area (Å²) in [7, 11) is 0. The lowest BCUT2D eigenvalue weighted by molar-refractivity contribution is -0.129. The van der Waals surface area contributed by atoms with Crippen LogP contribution in [0.3, 0.4) is 0 Å². The van der Waals surface area contributed by atoms with Gasteiger partial charge in [-0.1, -0.05) is 101 Å². The van der Waals surface area contributed by atoms with Gasteiger partial charge in [-0.2, -0.15) is 0 Å². The Kier molecular flexibility index (Phi) is 9.54. The van der Waals surface area contributed by atoms with Crippen molar-refractivity contribution in [2.24, 2.45) is 27.6 Å². The molecule has 0 aliphatic rings. The number of unbranched alkanes of at least 4 members (excludes halogenated alkanes) is 6. The Morgan fingerprint density at radius 3 is 1.21 bits per heavy atom. The summed E-state index contributed by atoms with van der Waals surface area (Å²) >= 11 is 0. The molecule has 0 saturated carbocycles. The van der Waals surface area contributed by atoms with E-state index in [9.17, 15) is 0 Å². The van der Waals surface area contributed by atoms with Gasteiger partial charge < -0.3 is 4.84 Å². The van der Waals surface area contributed by atoms with Crippen LogP contribution in [0.15, 0.2) is 0 Å². The van der Waals surface area contributed by atoms with Crippen molar-refractivity contribution in [3.8, 4) is 0 Å². The first-order chi connectivity index (χ1) is 10.8. The van der Waals surface area contributed by atoms with Gasteiger partial charge in [0, 0.05) is 0 Å². The molecule has 0 heterocycles. The highest BCUT2D eigenvalue weighted by molar-refractivity contribution is 5.05. The standard InChI is InChI=1S/C22H47NO/c1-19(2,3)22(20(4,5)6,21(7,8)9)17-15-13-11-10-12-14-16-18-24-23/h10-18,23H2,1-9H3. The van der Waals surface area contributed by atoms with Gasteiger partial charge in [0.2, 0.25) is 0 Å². The summed E-state index contributed by atoms with van der Waals surface area (Å²) < 4.78 is 0. The van der Waals surface area contributed by atoms with Crippen molar-refractivity contribution in [3.05, 3.63) is 0 Å². The van der Waals surface area contributed by atoms with E-state index in [0.717, 1.165) is 6.42 Å². The van der Waals surface area contributed by atoms with E-state index in [1.807, 2.05) is 0 Å². The van der Waals surface area contributed by atoms with Crippen molar-refractivity contribution in [2.45, 2.75) is 114 Å². The molecule has 146 valence electrons. The fourth-order valence-electron chi connectivity index (χ4n) is 5.96. The van der Waals surface area contributed by atoms with Crippen LogP contribution in [0.5, 0.6) is 0 Å². The molecule has 0 bridgehead atoms. The highest BCUT2D eigenvalue weighted by Gasteiger charge is 2.56. The van der Waals surface area contributed by atoms with Crippen LogP contribution in [0.25, 0.3) is 0 Å². The van der Waals surface area contributed by atoms with Gasteiger partial charge in [0.1, 0.15) is 0 Å². The Labute approximate surface area is 153 Å². The largest absolute Gasteiger partial charge is 0.305 e. The highest BCUT2D eigenvalue weighted by Crippen LogP contribution is 2.63. The van der Waals surface area contributed by atoms with E-state index in [0.29, 0.717) is 28.3 Å². The lowest BCUT2D eigenvalue weighted by atomic mass is 9.43. The Balaban J connectivity index is 4.62. The molecule has 2 N–H and O–H groups in total. The molecule has 2 nitrogen and oxygen atoms in total. The quantitative estimate of drug-likeness (QED) is 0.339. The molecule has 0 unspecified atom stereocenters. The zero-order valence-corrected chi connectivity index (χ0v) is 18.3. The molecule has 0 aromatic rings. The minimum absolute atomic E-state index is 0.297. The van der Waals surface area contributed by atoms with E-state index in [2.05, 4.69) is 67.2 Å². The third-order valence-electron chi connectivity index (χ3n) is 6.15. The predicted octanol–water partition coefficient (Wildman–Crippen LogP) is 7.12. The predicted molar refractivity (Wildman–Crippen MR) is 108 cm³/mol. The maximum atomic E-state index is 5.05. The van der Waals surface area contributed by atoms with Crippen LogP contribution in [0, 0.1) is 21.7 Å². The maximum absolute atomic E-state index is 5.05. The number of nitrogens with two attached hydrogens (primary N) is 1. The number of rotatable bonds is 10. The zero-order chi connectivity index (χ0) is 19.1. The summed E-state index contributed by atoms with van der Waals surface area (Å²) in [5, 5.41) is 0. The lowest BCUT2D eigenvalue weighted by Crippen LogP contribution is -2.54. The van der Waals surface area contributed by atoms with Crippen molar-refractivity contribution < 1.29 is 4.84 Å². The first-order valence-electron chi connectivity index (χ1n) is 10.1. The van der Waals surface area contributed by atoms with E-state index < -0.39 is 0 Å². The van der Waals surface area contributed by atoms with Gasteiger partial charge in [0.25, 0.3) is 0 Å². The molecule has 0 aromatic heterocycles. The SMILES string of the molecule is CC(C)(C)C(CCCCCCCCCON)(C(C)(C)C)C(C)(C)C. The van der Waals surface area contributed by atoms with Crippen molar-refractivity contribution in [1.29, 1.82) is 0 Å². The molecule has 0 atom stereocenters. The topological polar surface area (TPSA) is 35.2 Å².